The molecule has 4 atom stereocenters. The average Bonchev–Trinajstić information content (AvgIpc) is 2.99. The van der Waals surface area contributed by atoms with Crippen molar-refractivity contribution >= 4 is 63.9 Å². The van der Waals surface area contributed by atoms with Crippen molar-refractivity contribution in [2.24, 2.45) is 5.92 Å². The second kappa shape index (κ2) is 18.6. The van der Waals surface area contributed by atoms with Crippen LogP contribution in [-0.4, -0.2) is 75.7 Å². The lowest BCUT2D eigenvalue weighted by Gasteiger charge is -2.26. The second-order valence-corrected chi connectivity index (χ2v) is 12.3. The fraction of sp³-hybridized carbons (Fsp3) is 0.406. The zero-order chi connectivity index (χ0) is 34.4. The normalized spacial score (nSPS) is 13.4. The first-order valence-electron chi connectivity index (χ1n) is 14.7. The Kier molecular flexibility index (Phi) is 15.3. The van der Waals surface area contributed by atoms with E-state index in [9.17, 15) is 43.8 Å². The summed E-state index contributed by atoms with van der Waals surface area (Å²) in [6.45, 7) is 4.57. The molecule has 6 N–H and O–H groups in total. The zero-order valence-electron chi connectivity index (χ0n) is 25.7. The molecule has 1 unspecified atom stereocenters. The Hall–Kier alpha value is -4.34. The highest BCUT2D eigenvalue weighted by Crippen LogP contribution is 2.11. The molecule has 46 heavy (non-hydrogen) atoms. The van der Waals surface area contributed by atoms with Gasteiger partial charge >= 0.3 is 11.9 Å². The van der Waals surface area contributed by atoms with Gasteiger partial charge in [-0.1, -0.05) is 44.2 Å². The van der Waals surface area contributed by atoms with Crippen LogP contribution in [0.3, 0.4) is 0 Å². The van der Waals surface area contributed by atoms with E-state index in [1.807, 2.05) is 30.3 Å². The van der Waals surface area contributed by atoms with Gasteiger partial charge in [0.15, 0.2) is 5.78 Å². The van der Waals surface area contributed by atoms with Crippen LogP contribution in [0.15, 0.2) is 54.6 Å². The Morgan fingerprint density at radius 3 is 1.85 bits per heavy atom. The SMILES string of the molecule is CC(C)[C@H](NC(=O)[C@H](C)NC(=O)[C@H](CC(=O)O)NC(=O)c1ccc(I)cc1)C(=O)NC(CC(=O)O)C(=O)CCCc1ccccc1. The lowest BCUT2D eigenvalue weighted by molar-refractivity contribution is -0.141. The van der Waals surface area contributed by atoms with Gasteiger partial charge in [-0.15, -0.1) is 0 Å². The predicted octanol–water partition coefficient (Wildman–Crippen LogP) is 2.06. The van der Waals surface area contributed by atoms with Crippen LogP contribution >= 0.6 is 22.6 Å². The molecule has 2 aromatic carbocycles. The Morgan fingerprint density at radius 1 is 0.696 bits per heavy atom. The van der Waals surface area contributed by atoms with Crippen molar-refractivity contribution < 1.29 is 43.8 Å². The number of nitrogens with one attached hydrogen (secondary N) is 4. The van der Waals surface area contributed by atoms with Gasteiger partial charge in [0.2, 0.25) is 17.7 Å². The van der Waals surface area contributed by atoms with Crippen LogP contribution in [0.1, 0.15) is 62.4 Å². The number of ketones is 1. The number of hydrogen-bond acceptors (Lipinski definition) is 7. The molecule has 14 heteroatoms. The molecule has 0 aliphatic heterocycles. The highest BCUT2D eigenvalue weighted by atomic mass is 127. The van der Waals surface area contributed by atoms with Crippen molar-refractivity contribution in [3.8, 4) is 0 Å². The van der Waals surface area contributed by atoms with Gasteiger partial charge in [0.1, 0.15) is 18.1 Å². The van der Waals surface area contributed by atoms with E-state index in [2.05, 4.69) is 43.9 Å². The number of aliphatic carboxylic acids is 2. The number of aryl methyl sites for hydroxylation is 1. The molecule has 2 rings (SSSR count). The first-order chi connectivity index (χ1) is 21.7. The highest BCUT2D eigenvalue weighted by molar-refractivity contribution is 14.1. The Bertz CT molecular complexity index is 1400. The Labute approximate surface area is 280 Å². The van der Waals surface area contributed by atoms with Crippen molar-refractivity contribution in [1.82, 2.24) is 21.3 Å². The van der Waals surface area contributed by atoms with Crippen molar-refractivity contribution in [3.05, 3.63) is 69.3 Å². The average molecular weight is 751 g/mol. The summed E-state index contributed by atoms with van der Waals surface area (Å²) in [6, 6.07) is 10.5. The molecule has 0 saturated heterocycles. The van der Waals surface area contributed by atoms with E-state index in [0.717, 1.165) is 9.13 Å². The summed E-state index contributed by atoms with van der Waals surface area (Å²) in [5, 5.41) is 28.3. The number of hydrogen-bond donors (Lipinski definition) is 6. The molecule has 0 bridgehead atoms. The molecular weight excluding hydrogens is 711 g/mol. The smallest absolute Gasteiger partial charge is 0.305 e. The summed E-state index contributed by atoms with van der Waals surface area (Å²) in [6.07, 6.45) is -0.314. The van der Waals surface area contributed by atoms with E-state index in [0.29, 0.717) is 12.8 Å². The number of benzene rings is 2. The van der Waals surface area contributed by atoms with Gasteiger partial charge in [0.25, 0.3) is 5.91 Å². The fourth-order valence-electron chi connectivity index (χ4n) is 4.39. The minimum atomic E-state index is -1.51. The second-order valence-electron chi connectivity index (χ2n) is 11.1. The maximum absolute atomic E-state index is 13.2. The van der Waals surface area contributed by atoms with Gasteiger partial charge in [-0.25, -0.2) is 0 Å². The number of amides is 4. The topological polar surface area (TPSA) is 208 Å². The van der Waals surface area contributed by atoms with E-state index in [-0.39, 0.29) is 12.0 Å². The van der Waals surface area contributed by atoms with Crippen LogP contribution < -0.4 is 21.3 Å². The van der Waals surface area contributed by atoms with Gasteiger partial charge in [-0.05, 0) is 78.1 Å². The third kappa shape index (κ3) is 12.9. The van der Waals surface area contributed by atoms with E-state index in [1.165, 1.54) is 19.1 Å². The van der Waals surface area contributed by atoms with E-state index in [1.54, 1.807) is 26.0 Å². The Balaban J connectivity index is 2.04. The molecular formula is C32H39IN4O9. The maximum atomic E-state index is 13.2. The molecule has 0 heterocycles. The molecule has 2 aromatic rings. The number of carbonyl (C=O) groups excluding carboxylic acids is 5. The fourth-order valence-corrected chi connectivity index (χ4v) is 4.75. The molecule has 0 saturated carbocycles. The number of halogens is 1. The third-order valence-electron chi connectivity index (χ3n) is 6.92. The summed E-state index contributed by atoms with van der Waals surface area (Å²) in [4.78, 5) is 87.5. The van der Waals surface area contributed by atoms with Crippen LogP contribution in [0.2, 0.25) is 0 Å². The van der Waals surface area contributed by atoms with E-state index >= 15 is 0 Å². The van der Waals surface area contributed by atoms with Gasteiger partial charge in [0, 0.05) is 15.6 Å². The zero-order valence-corrected chi connectivity index (χ0v) is 27.9. The summed E-state index contributed by atoms with van der Waals surface area (Å²) in [5.41, 5.74) is 1.22. The number of carboxylic acid groups (broad SMARTS) is 2. The first kappa shape index (κ1) is 37.8. The van der Waals surface area contributed by atoms with Crippen molar-refractivity contribution in [2.75, 3.05) is 0 Å². The van der Waals surface area contributed by atoms with Crippen molar-refractivity contribution in [3.63, 3.8) is 0 Å². The summed E-state index contributed by atoms with van der Waals surface area (Å²) in [7, 11) is 0. The van der Waals surface area contributed by atoms with E-state index < -0.39 is 84.3 Å². The highest BCUT2D eigenvalue weighted by Gasteiger charge is 2.32. The first-order valence-corrected chi connectivity index (χ1v) is 15.7. The molecule has 0 aliphatic carbocycles. The lowest BCUT2D eigenvalue weighted by atomic mass is 9.99. The summed E-state index contributed by atoms with van der Waals surface area (Å²) < 4.78 is 0.866. The molecule has 0 radical (unpaired) electrons. The number of carboxylic acids is 2. The largest absolute Gasteiger partial charge is 0.481 e. The molecule has 0 aliphatic rings. The predicted molar refractivity (Wildman–Crippen MR) is 176 cm³/mol. The molecule has 0 aromatic heterocycles. The molecule has 4 amide bonds. The van der Waals surface area contributed by atoms with Gasteiger partial charge in [-0.2, -0.15) is 0 Å². The molecule has 248 valence electrons. The standard InChI is InChI=1S/C32H39IN4O9/c1-18(2)28(32(46)35-23(16-26(39)40)25(38)11-7-10-20-8-5-4-6-9-20)37-29(43)19(3)34-31(45)24(17-27(41)42)36-30(44)21-12-14-22(33)15-13-21/h4-6,8-9,12-15,18-19,23-24,28H,7,10-11,16-17H2,1-3H3,(H,34,45)(H,35,46)(H,36,44)(H,37,43)(H,39,40)(H,41,42)/t19-,23?,24-,28-/m0/s1. The molecule has 0 spiro atoms. The van der Waals surface area contributed by atoms with Crippen LogP contribution in [-0.2, 0) is 35.2 Å². The lowest BCUT2D eigenvalue weighted by Crippen LogP contribution is -2.58. The van der Waals surface area contributed by atoms with Gasteiger partial charge < -0.3 is 31.5 Å². The number of Topliss-reactive ketones (excluding diaryl/α,β-unsaturated/α-hetero) is 1. The number of carbonyl (C=O) groups is 7. The maximum Gasteiger partial charge on any atom is 0.305 e. The van der Waals surface area contributed by atoms with Crippen LogP contribution in [0.5, 0.6) is 0 Å². The van der Waals surface area contributed by atoms with Crippen LogP contribution in [0, 0.1) is 9.49 Å². The van der Waals surface area contributed by atoms with Gasteiger partial charge in [0.05, 0.1) is 18.9 Å². The summed E-state index contributed by atoms with van der Waals surface area (Å²) >= 11 is 2.05. The quantitative estimate of drug-likeness (QED) is 0.123. The van der Waals surface area contributed by atoms with E-state index in [4.69, 9.17) is 0 Å². The third-order valence-corrected chi connectivity index (χ3v) is 7.64. The van der Waals surface area contributed by atoms with Crippen molar-refractivity contribution in [2.45, 2.75) is 77.0 Å². The molecule has 13 nitrogen and oxygen atoms in total. The van der Waals surface area contributed by atoms with Gasteiger partial charge in [-0.3, -0.25) is 33.6 Å². The van der Waals surface area contributed by atoms with Crippen LogP contribution in [0.25, 0.3) is 0 Å². The van der Waals surface area contributed by atoms with Crippen molar-refractivity contribution in [1.29, 1.82) is 0 Å². The minimum Gasteiger partial charge on any atom is -0.481 e. The Morgan fingerprint density at radius 2 is 1.28 bits per heavy atom. The monoisotopic (exact) mass is 750 g/mol. The minimum absolute atomic E-state index is 0.0342. The number of rotatable bonds is 18. The molecule has 0 fully saturated rings. The van der Waals surface area contributed by atoms with Crippen LogP contribution in [0.4, 0.5) is 0 Å². The summed E-state index contributed by atoms with van der Waals surface area (Å²) in [5.74, 6) is -6.80.